The summed E-state index contributed by atoms with van der Waals surface area (Å²) in [5.41, 5.74) is 2.95. The van der Waals surface area contributed by atoms with E-state index in [0.29, 0.717) is 5.75 Å². The van der Waals surface area contributed by atoms with E-state index in [-0.39, 0.29) is 5.91 Å². The lowest BCUT2D eigenvalue weighted by molar-refractivity contribution is -0.113. The molecule has 1 heterocycles. The molecule has 0 aliphatic heterocycles. The summed E-state index contributed by atoms with van der Waals surface area (Å²) >= 11 is 1.42. The van der Waals surface area contributed by atoms with Gasteiger partial charge < -0.3 is 10.3 Å². The maximum Gasteiger partial charge on any atom is 0.234 e. The monoisotopic (exact) mass is 325 g/mol. The van der Waals surface area contributed by atoms with E-state index in [1.54, 1.807) is 0 Å². The number of benzene rings is 2. The van der Waals surface area contributed by atoms with Crippen LogP contribution in [0.25, 0.3) is 10.8 Å². The Morgan fingerprint density at radius 3 is 2.74 bits per heavy atom. The topological polar surface area (TPSA) is 57.8 Å². The van der Waals surface area contributed by atoms with Gasteiger partial charge in [-0.2, -0.15) is 0 Å². The number of rotatable bonds is 5. The number of aromatic nitrogens is 2. The van der Waals surface area contributed by atoms with E-state index in [4.69, 9.17) is 0 Å². The number of hydrogen-bond acceptors (Lipinski definition) is 3. The number of aryl methyl sites for hydroxylation is 2. The highest BCUT2D eigenvalue weighted by Crippen LogP contribution is 2.20. The van der Waals surface area contributed by atoms with Crippen LogP contribution in [0.2, 0.25) is 0 Å². The Morgan fingerprint density at radius 2 is 2.00 bits per heavy atom. The number of hydrogen-bond donors (Lipinski definition) is 2. The second-order valence-electron chi connectivity index (χ2n) is 5.37. The lowest BCUT2D eigenvalue weighted by atomic mass is 10.1. The minimum atomic E-state index is -0.0302. The van der Waals surface area contributed by atoms with Crippen LogP contribution in [-0.4, -0.2) is 21.6 Å². The Hall–Kier alpha value is -2.27. The number of amides is 1. The molecule has 3 rings (SSSR count). The maximum atomic E-state index is 12.1. The number of nitrogens with one attached hydrogen (secondary N) is 2. The van der Waals surface area contributed by atoms with Crippen LogP contribution in [0.15, 0.2) is 47.6 Å². The Bertz CT molecular complexity index is 841. The molecule has 1 amide bonds. The van der Waals surface area contributed by atoms with Crippen molar-refractivity contribution in [3.8, 4) is 0 Å². The molecule has 0 aliphatic rings. The van der Waals surface area contributed by atoms with Gasteiger partial charge in [0.15, 0.2) is 5.16 Å². The summed E-state index contributed by atoms with van der Waals surface area (Å²) in [6.45, 7) is 4.08. The molecule has 5 heteroatoms. The molecule has 2 aromatic carbocycles. The minimum absolute atomic E-state index is 0.0302. The summed E-state index contributed by atoms with van der Waals surface area (Å²) in [7, 11) is 0. The Balaban J connectivity index is 1.61. The van der Waals surface area contributed by atoms with Crippen molar-refractivity contribution in [2.24, 2.45) is 0 Å². The quantitative estimate of drug-likeness (QED) is 0.692. The smallest absolute Gasteiger partial charge is 0.234 e. The van der Waals surface area contributed by atoms with Crippen molar-refractivity contribution in [3.05, 3.63) is 53.9 Å². The van der Waals surface area contributed by atoms with Crippen molar-refractivity contribution in [1.29, 1.82) is 0 Å². The number of carbonyl (C=O) groups is 1. The summed E-state index contributed by atoms with van der Waals surface area (Å²) in [6.07, 6.45) is 0.895. The molecule has 0 atom stereocenters. The number of aromatic amines is 1. The van der Waals surface area contributed by atoms with Crippen LogP contribution in [0.3, 0.4) is 0 Å². The fraction of sp³-hybridized carbons (Fsp3) is 0.222. The zero-order chi connectivity index (χ0) is 16.2. The zero-order valence-corrected chi connectivity index (χ0v) is 14.0. The molecule has 0 fully saturated rings. The van der Waals surface area contributed by atoms with Crippen LogP contribution in [0.5, 0.6) is 0 Å². The van der Waals surface area contributed by atoms with Crippen molar-refractivity contribution in [1.82, 2.24) is 9.97 Å². The number of thioether (sulfide) groups is 1. The van der Waals surface area contributed by atoms with Crippen molar-refractivity contribution >= 4 is 34.1 Å². The average molecular weight is 325 g/mol. The van der Waals surface area contributed by atoms with Gasteiger partial charge in [0, 0.05) is 11.4 Å². The Labute approximate surface area is 139 Å². The molecule has 1 aromatic heterocycles. The molecule has 2 N–H and O–H groups in total. The van der Waals surface area contributed by atoms with E-state index in [9.17, 15) is 4.79 Å². The largest absolute Gasteiger partial charge is 0.337 e. The molecule has 0 radical (unpaired) electrons. The second-order valence-corrected chi connectivity index (χ2v) is 6.33. The van der Waals surface area contributed by atoms with Gasteiger partial charge in [-0.25, -0.2) is 4.98 Å². The number of H-pyrrole nitrogens is 1. The molecule has 0 bridgehead atoms. The second kappa shape index (κ2) is 6.87. The number of anilines is 1. The molecule has 23 heavy (non-hydrogen) atoms. The minimum Gasteiger partial charge on any atom is -0.337 e. The summed E-state index contributed by atoms with van der Waals surface area (Å²) in [5.74, 6) is 0.306. The molecule has 3 aromatic rings. The van der Waals surface area contributed by atoms with Gasteiger partial charge in [-0.3, -0.25) is 4.79 Å². The first kappa shape index (κ1) is 15.6. The summed E-state index contributed by atoms with van der Waals surface area (Å²) in [4.78, 5) is 19.8. The van der Waals surface area contributed by atoms with Gasteiger partial charge >= 0.3 is 0 Å². The Morgan fingerprint density at radius 1 is 1.22 bits per heavy atom. The van der Waals surface area contributed by atoms with Crippen molar-refractivity contribution in [2.45, 2.75) is 25.4 Å². The van der Waals surface area contributed by atoms with Crippen LogP contribution < -0.4 is 5.32 Å². The van der Waals surface area contributed by atoms with E-state index in [0.717, 1.165) is 39.4 Å². The van der Waals surface area contributed by atoms with Crippen LogP contribution >= 0.6 is 11.8 Å². The van der Waals surface area contributed by atoms with Crippen LogP contribution in [0, 0.1) is 6.92 Å². The van der Waals surface area contributed by atoms with Crippen LogP contribution in [-0.2, 0) is 11.2 Å². The maximum absolute atomic E-state index is 12.1. The molecule has 0 spiro atoms. The highest BCUT2D eigenvalue weighted by Gasteiger charge is 2.09. The van der Waals surface area contributed by atoms with Crippen molar-refractivity contribution < 1.29 is 4.79 Å². The molecular formula is C18H19N3OS. The molecule has 0 aliphatic carbocycles. The SMILES string of the molecule is CCc1nc(SCC(=O)Nc2ccc3ccccc3c2)[nH]c1C. The standard InChI is InChI=1S/C18H19N3OS/c1-3-16-12(2)19-18(21-16)23-11-17(22)20-15-9-8-13-6-4-5-7-14(13)10-15/h4-10H,3,11H2,1-2H3,(H,19,21)(H,20,22). The molecule has 0 saturated heterocycles. The number of carbonyl (C=O) groups excluding carboxylic acids is 1. The zero-order valence-electron chi connectivity index (χ0n) is 13.2. The van der Waals surface area contributed by atoms with E-state index in [1.165, 1.54) is 11.8 Å². The van der Waals surface area contributed by atoms with Gasteiger partial charge in [-0.15, -0.1) is 0 Å². The molecule has 0 unspecified atom stereocenters. The predicted molar refractivity (Wildman–Crippen MR) is 96.0 cm³/mol. The first-order chi connectivity index (χ1) is 11.2. The number of nitrogens with zero attached hydrogens (tertiary/aromatic N) is 1. The fourth-order valence-corrected chi connectivity index (χ4v) is 3.22. The fourth-order valence-electron chi connectivity index (χ4n) is 2.48. The lowest BCUT2D eigenvalue weighted by Crippen LogP contribution is -2.14. The third-order valence-electron chi connectivity index (χ3n) is 3.67. The third-order valence-corrected chi connectivity index (χ3v) is 4.55. The van der Waals surface area contributed by atoms with Gasteiger partial charge in [0.2, 0.25) is 5.91 Å². The van der Waals surface area contributed by atoms with Gasteiger partial charge in [0.25, 0.3) is 0 Å². The molecule has 0 saturated carbocycles. The summed E-state index contributed by atoms with van der Waals surface area (Å²) < 4.78 is 0. The van der Waals surface area contributed by atoms with Gasteiger partial charge in [0.05, 0.1) is 11.4 Å². The third kappa shape index (κ3) is 3.74. The first-order valence-corrected chi connectivity index (χ1v) is 8.61. The van der Waals surface area contributed by atoms with E-state index >= 15 is 0 Å². The lowest BCUT2D eigenvalue weighted by Gasteiger charge is -2.06. The van der Waals surface area contributed by atoms with Gasteiger partial charge in [-0.1, -0.05) is 49.0 Å². The average Bonchev–Trinajstić information content (AvgIpc) is 2.93. The highest BCUT2D eigenvalue weighted by molar-refractivity contribution is 7.99. The first-order valence-electron chi connectivity index (χ1n) is 7.62. The van der Waals surface area contributed by atoms with E-state index < -0.39 is 0 Å². The Kier molecular flexibility index (Phi) is 4.67. The van der Waals surface area contributed by atoms with Crippen molar-refractivity contribution in [2.75, 3.05) is 11.1 Å². The molecule has 118 valence electrons. The van der Waals surface area contributed by atoms with Crippen molar-refractivity contribution in [3.63, 3.8) is 0 Å². The van der Waals surface area contributed by atoms with E-state index in [2.05, 4.69) is 28.3 Å². The van der Waals surface area contributed by atoms with E-state index in [1.807, 2.05) is 43.3 Å². The number of fused-ring (bicyclic) bond motifs is 1. The van der Waals surface area contributed by atoms with Crippen LogP contribution in [0.1, 0.15) is 18.3 Å². The van der Waals surface area contributed by atoms with Crippen LogP contribution in [0.4, 0.5) is 5.69 Å². The summed E-state index contributed by atoms with van der Waals surface area (Å²) in [5, 5.41) is 6.02. The summed E-state index contributed by atoms with van der Waals surface area (Å²) in [6, 6.07) is 14.0. The molecular weight excluding hydrogens is 306 g/mol. The normalized spacial score (nSPS) is 10.9. The highest BCUT2D eigenvalue weighted by atomic mass is 32.2. The predicted octanol–water partition coefficient (Wildman–Crippen LogP) is 4.16. The van der Waals surface area contributed by atoms with Gasteiger partial charge in [-0.05, 0) is 36.2 Å². The molecule has 4 nitrogen and oxygen atoms in total. The van der Waals surface area contributed by atoms with Gasteiger partial charge in [0.1, 0.15) is 0 Å². The number of imidazole rings is 1.